The zero-order chi connectivity index (χ0) is 48.3. The molecular weight excluding hydrogens is 885 g/mol. The van der Waals surface area contributed by atoms with E-state index in [1.807, 2.05) is 36.9 Å². The fourth-order valence-corrected chi connectivity index (χ4v) is 11.7. The third kappa shape index (κ3) is 6.98. The van der Waals surface area contributed by atoms with Gasteiger partial charge in [-0.1, -0.05) is 218 Å². The average molecular weight is 929 g/mol. The molecule has 12 aromatic rings. The lowest BCUT2D eigenvalue weighted by molar-refractivity contribution is 0.794. The molecule has 2 aliphatic rings. The molecule has 2 aliphatic carbocycles. The molecule has 0 bridgehead atoms. The Balaban J connectivity index is 0.864. The van der Waals surface area contributed by atoms with Crippen LogP contribution in [0.4, 0.5) is 0 Å². The zero-order valence-electron chi connectivity index (χ0n) is 39.7. The second-order valence-corrected chi connectivity index (χ2v) is 18.9. The van der Waals surface area contributed by atoms with Crippen molar-refractivity contribution in [2.24, 2.45) is 0 Å². The van der Waals surface area contributed by atoms with Crippen molar-refractivity contribution in [2.75, 3.05) is 0 Å². The normalized spacial score (nSPS) is 12.5. The summed E-state index contributed by atoms with van der Waals surface area (Å²) in [6.45, 7) is 0. The van der Waals surface area contributed by atoms with Gasteiger partial charge in [0, 0.05) is 22.3 Å². The number of hydrogen-bond donors (Lipinski definition) is 0. The molecule has 0 unspecified atom stereocenters. The van der Waals surface area contributed by atoms with Crippen molar-refractivity contribution < 1.29 is 0 Å². The van der Waals surface area contributed by atoms with Crippen LogP contribution >= 0.6 is 0 Å². The van der Waals surface area contributed by atoms with Crippen molar-refractivity contribution in [3.8, 4) is 112 Å². The summed E-state index contributed by atoms with van der Waals surface area (Å²) in [6, 6.07) is 87.5. The van der Waals surface area contributed by atoms with Crippen LogP contribution in [0.25, 0.3) is 112 Å². The van der Waals surface area contributed by atoms with Crippen molar-refractivity contribution in [1.29, 1.82) is 0 Å². The van der Waals surface area contributed by atoms with Crippen LogP contribution in [-0.4, -0.2) is 19.9 Å². The second kappa shape index (κ2) is 17.3. The van der Waals surface area contributed by atoms with Crippen LogP contribution in [0, 0.1) is 0 Å². The Morgan fingerprint density at radius 1 is 0.219 bits per heavy atom. The largest absolute Gasteiger partial charge is 0.260 e. The lowest BCUT2D eigenvalue weighted by Crippen LogP contribution is -2.25. The van der Waals surface area contributed by atoms with Gasteiger partial charge in [-0.05, 0) is 113 Å². The number of aromatic nitrogens is 4. The summed E-state index contributed by atoms with van der Waals surface area (Å²) in [4.78, 5) is 19.9. The van der Waals surface area contributed by atoms with E-state index in [9.17, 15) is 0 Å². The molecule has 0 atom stereocenters. The van der Waals surface area contributed by atoms with Gasteiger partial charge in [-0.3, -0.25) is 9.97 Å². The van der Waals surface area contributed by atoms with Crippen molar-refractivity contribution >= 4 is 0 Å². The molecular formula is C69H44N4. The maximum Gasteiger partial charge on any atom is 0.0892 e. The van der Waals surface area contributed by atoms with Crippen molar-refractivity contribution in [2.45, 2.75) is 5.41 Å². The van der Waals surface area contributed by atoms with Crippen LogP contribution in [-0.2, 0) is 5.41 Å². The van der Waals surface area contributed by atoms with Gasteiger partial charge in [0.15, 0.2) is 0 Å². The van der Waals surface area contributed by atoms with Crippen molar-refractivity contribution in [1.82, 2.24) is 19.9 Å². The summed E-state index contributed by atoms with van der Waals surface area (Å²) in [6.07, 6.45) is 7.47. The van der Waals surface area contributed by atoms with Crippen molar-refractivity contribution in [3.05, 3.63) is 290 Å². The molecule has 14 rings (SSSR count). The molecule has 0 saturated carbocycles. The van der Waals surface area contributed by atoms with E-state index in [2.05, 4.69) is 231 Å². The van der Waals surface area contributed by atoms with E-state index < -0.39 is 5.41 Å². The first-order valence-corrected chi connectivity index (χ1v) is 24.8. The van der Waals surface area contributed by atoms with Crippen LogP contribution in [0.1, 0.15) is 22.3 Å². The molecule has 0 saturated heterocycles. The molecule has 0 aliphatic heterocycles. The van der Waals surface area contributed by atoms with Gasteiger partial charge in [-0.15, -0.1) is 0 Å². The third-order valence-corrected chi connectivity index (χ3v) is 14.9. The van der Waals surface area contributed by atoms with E-state index in [1.165, 1.54) is 66.8 Å². The van der Waals surface area contributed by atoms with Gasteiger partial charge in [0.25, 0.3) is 0 Å². The fraction of sp³-hybridized carbons (Fsp3) is 0.0145. The minimum Gasteiger partial charge on any atom is -0.260 e. The molecule has 340 valence electrons. The molecule has 0 fully saturated rings. The molecule has 2 aromatic heterocycles. The Bertz CT molecular complexity index is 3840. The number of nitrogens with zero attached hydrogens (tertiary/aromatic N) is 4. The van der Waals surface area contributed by atoms with Crippen molar-refractivity contribution in [3.63, 3.8) is 0 Å². The molecule has 2 heterocycles. The molecule has 4 heteroatoms. The highest BCUT2D eigenvalue weighted by molar-refractivity contribution is 6.03. The molecule has 10 aromatic carbocycles. The number of fused-ring (bicyclic) bond motifs is 10. The summed E-state index contributed by atoms with van der Waals surface area (Å²) in [5.41, 5.74) is 26.4. The first-order chi connectivity index (χ1) is 36.2. The van der Waals surface area contributed by atoms with Gasteiger partial charge in [-0.2, -0.15) is 0 Å². The fourth-order valence-electron chi connectivity index (χ4n) is 11.7. The number of rotatable bonds is 8. The minimum absolute atomic E-state index is 0.540. The molecule has 0 N–H and O–H groups in total. The predicted octanol–water partition coefficient (Wildman–Crippen LogP) is 16.9. The molecule has 73 heavy (non-hydrogen) atoms. The Hall–Kier alpha value is -9.64. The lowest BCUT2D eigenvalue weighted by Gasteiger charge is -2.30. The molecule has 0 radical (unpaired) electrons. The Kier molecular flexibility index (Phi) is 10.0. The van der Waals surface area contributed by atoms with Crippen LogP contribution in [0.3, 0.4) is 0 Å². The van der Waals surface area contributed by atoms with E-state index in [0.29, 0.717) is 0 Å². The van der Waals surface area contributed by atoms with Gasteiger partial charge < -0.3 is 0 Å². The van der Waals surface area contributed by atoms with Crippen LogP contribution in [0.15, 0.2) is 267 Å². The first-order valence-electron chi connectivity index (χ1n) is 24.8. The van der Waals surface area contributed by atoms with E-state index in [-0.39, 0.29) is 0 Å². The molecule has 0 amide bonds. The van der Waals surface area contributed by atoms with Crippen LogP contribution in [0.5, 0.6) is 0 Å². The number of hydrogen-bond acceptors (Lipinski definition) is 4. The summed E-state index contributed by atoms with van der Waals surface area (Å²) in [5.74, 6) is 0. The lowest BCUT2D eigenvalue weighted by atomic mass is 9.70. The molecule has 1 spiro atoms. The molecule has 4 nitrogen and oxygen atoms in total. The highest BCUT2D eigenvalue weighted by Gasteiger charge is 2.52. The summed E-state index contributed by atoms with van der Waals surface area (Å²) in [5, 5.41) is 0. The van der Waals surface area contributed by atoms with Crippen LogP contribution in [0.2, 0.25) is 0 Å². The van der Waals surface area contributed by atoms with E-state index in [0.717, 1.165) is 67.3 Å². The van der Waals surface area contributed by atoms with Gasteiger partial charge in [0.05, 0.1) is 53.0 Å². The standard InChI is InChI=1S/C69H44N4/c1-3-17-45(18-4-1)47-21-11-25-51(37-47)63-41-70-43-65(72-63)53-27-13-23-49(39-53)55-31-15-35-61-67(55)57-29-7-9-33-59(57)69(61)60-34-10-8-30-58(60)68-56(32-16-36-62(68)69)50-24-14-28-54(40-50)66-44-71-42-64(73-66)52-26-12-22-48(38-52)46-19-5-2-6-20-46/h1-44H. The van der Waals surface area contributed by atoms with Gasteiger partial charge in [-0.25, -0.2) is 9.97 Å². The van der Waals surface area contributed by atoms with E-state index in [1.54, 1.807) is 0 Å². The monoisotopic (exact) mass is 928 g/mol. The highest BCUT2D eigenvalue weighted by Crippen LogP contribution is 2.65. The number of benzene rings is 10. The minimum atomic E-state index is -0.540. The average Bonchev–Trinajstić information content (AvgIpc) is 3.96. The van der Waals surface area contributed by atoms with E-state index >= 15 is 0 Å². The van der Waals surface area contributed by atoms with Crippen LogP contribution < -0.4 is 0 Å². The summed E-state index contributed by atoms with van der Waals surface area (Å²) >= 11 is 0. The Morgan fingerprint density at radius 3 is 0.918 bits per heavy atom. The maximum absolute atomic E-state index is 5.21. The summed E-state index contributed by atoms with van der Waals surface area (Å²) < 4.78 is 0. The Morgan fingerprint density at radius 2 is 0.507 bits per heavy atom. The van der Waals surface area contributed by atoms with Gasteiger partial charge >= 0.3 is 0 Å². The SMILES string of the molecule is c1ccc(-c2cccc(-c3cncc(-c4cccc(-c5cccc6c5-c5ccccc5C65c6ccccc6-c6c(-c7cccc(-c8cncc(-c9cccc(-c%10ccccc%10)c9)n8)c7)cccc65)c4)n3)c2)cc1. The Labute approximate surface area is 424 Å². The highest BCUT2D eigenvalue weighted by atomic mass is 14.8. The van der Waals surface area contributed by atoms with E-state index in [4.69, 9.17) is 19.9 Å². The summed E-state index contributed by atoms with van der Waals surface area (Å²) in [7, 11) is 0. The van der Waals surface area contributed by atoms with Gasteiger partial charge in [0.2, 0.25) is 0 Å². The smallest absolute Gasteiger partial charge is 0.0892 e. The maximum atomic E-state index is 5.21. The first kappa shape index (κ1) is 42.3. The third-order valence-electron chi connectivity index (χ3n) is 14.9. The second-order valence-electron chi connectivity index (χ2n) is 18.9. The quantitative estimate of drug-likeness (QED) is 0.152. The predicted molar refractivity (Wildman–Crippen MR) is 297 cm³/mol. The van der Waals surface area contributed by atoms with Gasteiger partial charge in [0.1, 0.15) is 0 Å². The topological polar surface area (TPSA) is 51.6 Å². The zero-order valence-corrected chi connectivity index (χ0v) is 39.7.